The molecule has 0 heterocycles. The molecule has 0 bridgehead atoms. The van der Waals surface area contributed by atoms with Crippen LogP contribution in [0, 0.1) is 0 Å². The van der Waals surface area contributed by atoms with Gasteiger partial charge in [0.2, 0.25) is 0 Å². The van der Waals surface area contributed by atoms with Gasteiger partial charge in [0.15, 0.2) is 0 Å². The van der Waals surface area contributed by atoms with Crippen molar-refractivity contribution in [3.63, 3.8) is 0 Å². The summed E-state index contributed by atoms with van der Waals surface area (Å²) in [5.74, 6) is -1.23. The molecule has 0 aliphatic heterocycles. The highest BCUT2D eigenvalue weighted by atomic mass is 32.2. The van der Waals surface area contributed by atoms with Gasteiger partial charge < -0.3 is 16.6 Å². The number of carbonyl (C=O) groups is 1. The SMILES string of the molecule is NC1C=CC=C(S(=O)(=O)Nc2ccccc2C(=O)O)C1N. The predicted octanol–water partition coefficient (Wildman–Crippen LogP) is 0.235. The third-order valence-corrected chi connectivity index (χ3v) is 4.57. The fourth-order valence-corrected chi connectivity index (χ4v) is 3.29. The molecule has 0 radical (unpaired) electrons. The van der Waals surface area contributed by atoms with Crippen molar-refractivity contribution in [3.05, 3.63) is 53.0 Å². The summed E-state index contributed by atoms with van der Waals surface area (Å²) in [4.78, 5) is 11.0. The van der Waals surface area contributed by atoms with Crippen LogP contribution in [0.25, 0.3) is 0 Å². The molecule has 2 rings (SSSR count). The van der Waals surface area contributed by atoms with Gasteiger partial charge in [0.05, 0.1) is 22.2 Å². The van der Waals surface area contributed by atoms with Crippen molar-refractivity contribution >= 4 is 21.7 Å². The van der Waals surface area contributed by atoms with Crippen LogP contribution in [0.15, 0.2) is 47.4 Å². The molecule has 1 aromatic carbocycles. The molecule has 0 aromatic heterocycles. The molecule has 0 saturated heterocycles. The van der Waals surface area contributed by atoms with Gasteiger partial charge >= 0.3 is 5.97 Å². The molecule has 0 spiro atoms. The van der Waals surface area contributed by atoms with Gasteiger partial charge in [0.25, 0.3) is 10.0 Å². The second-order valence-electron chi connectivity index (χ2n) is 4.51. The van der Waals surface area contributed by atoms with Gasteiger partial charge in [-0.1, -0.05) is 24.3 Å². The summed E-state index contributed by atoms with van der Waals surface area (Å²) in [5.41, 5.74) is 11.3. The average molecular weight is 309 g/mol. The Labute approximate surface area is 122 Å². The van der Waals surface area contributed by atoms with Gasteiger partial charge in [0, 0.05) is 6.04 Å². The van der Waals surface area contributed by atoms with Crippen LogP contribution in [-0.4, -0.2) is 31.6 Å². The monoisotopic (exact) mass is 309 g/mol. The first-order chi connectivity index (χ1) is 9.83. The first-order valence-electron chi connectivity index (χ1n) is 6.07. The van der Waals surface area contributed by atoms with Gasteiger partial charge in [-0.05, 0) is 18.2 Å². The number of rotatable bonds is 4. The van der Waals surface area contributed by atoms with Crippen molar-refractivity contribution in [2.75, 3.05) is 4.72 Å². The first-order valence-corrected chi connectivity index (χ1v) is 7.56. The molecular weight excluding hydrogens is 294 g/mol. The van der Waals surface area contributed by atoms with E-state index in [0.29, 0.717) is 0 Å². The van der Waals surface area contributed by atoms with Crippen molar-refractivity contribution < 1.29 is 18.3 Å². The lowest BCUT2D eigenvalue weighted by Crippen LogP contribution is -2.45. The Bertz CT molecular complexity index is 725. The van der Waals surface area contributed by atoms with Crippen LogP contribution in [0.2, 0.25) is 0 Å². The lowest BCUT2D eigenvalue weighted by Gasteiger charge is -2.23. The number of para-hydroxylation sites is 1. The topological polar surface area (TPSA) is 136 Å². The number of carboxylic acids is 1. The van der Waals surface area contributed by atoms with Crippen LogP contribution >= 0.6 is 0 Å². The Morgan fingerprint density at radius 2 is 1.90 bits per heavy atom. The zero-order chi connectivity index (χ0) is 15.6. The minimum absolute atomic E-state index is 0.0266. The maximum Gasteiger partial charge on any atom is 0.337 e. The van der Waals surface area contributed by atoms with E-state index in [9.17, 15) is 13.2 Å². The van der Waals surface area contributed by atoms with Gasteiger partial charge in [-0.2, -0.15) is 0 Å². The lowest BCUT2D eigenvalue weighted by atomic mass is 10.1. The highest BCUT2D eigenvalue weighted by Crippen LogP contribution is 2.22. The number of sulfonamides is 1. The Kier molecular flexibility index (Phi) is 4.12. The van der Waals surface area contributed by atoms with Crippen molar-refractivity contribution in [3.8, 4) is 0 Å². The van der Waals surface area contributed by atoms with E-state index < -0.39 is 28.1 Å². The molecule has 8 heteroatoms. The standard InChI is InChI=1S/C13H15N3O4S/c14-9-5-3-7-11(12(9)15)21(19,20)16-10-6-2-1-4-8(10)13(17)18/h1-7,9,12,16H,14-15H2,(H,17,18). The van der Waals surface area contributed by atoms with Gasteiger partial charge in [-0.15, -0.1) is 0 Å². The zero-order valence-corrected chi connectivity index (χ0v) is 11.7. The van der Waals surface area contributed by atoms with Crippen LogP contribution in [0.1, 0.15) is 10.4 Å². The normalized spacial score (nSPS) is 21.7. The summed E-state index contributed by atoms with van der Waals surface area (Å²) >= 11 is 0. The van der Waals surface area contributed by atoms with Crippen molar-refractivity contribution in [2.24, 2.45) is 11.5 Å². The molecule has 2 unspecified atom stereocenters. The number of anilines is 1. The summed E-state index contributed by atoms with van der Waals surface area (Å²) < 4.78 is 26.9. The van der Waals surface area contributed by atoms with Crippen molar-refractivity contribution in [1.82, 2.24) is 0 Å². The zero-order valence-electron chi connectivity index (χ0n) is 10.9. The smallest absolute Gasteiger partial charge is 0.337 e. The largest absolute Gasteiger partial charge is 0.478 e. The molecule has 7 nitrogen and oxygen atoms in total. The van der Waals surface area contributed by atoms with E-state index in [2.05, 4.69) is 4.72 Å². The summed E-state index contributed by atoms with van der Waals surface area (Å²) in [6.07, 6.45) is 4.44. The summed E-state index contributed by atoms with van der Waals surface area (Å²) in [7, 11) is -3.98. The molecule has 1 aliphatic carbocycles. The molecular formula is C13H15N3O4S. The van der Waals surface area contributed by atoms with Crippen LogP contribution in [0.3, 0.4) is 0 Å². The van der Waals surface area contributed by atoms with E-state index in [1.807, 2.05) is 0 Å². The lowest BCUT2D eigenvalue weighted by molar-refractivity contribution is 0.0698. The Morgan fingerprint density at radius 3 is 2.57 bits per heavy atom. The molecule has 6 N–H and O–H groups in total. The van der Waals surface area contributed by atoms with Gasteiger partial charge in [-0.25, -0.2) is 13.2 Å². The number of benzene rings is 1. The van der Waals surface area contributed by atoms with Crippen molar-refractivity contribution in [1.29, 1.82) is 0 Å². The highest BCUT2D eigenvalue weighted by Gasteiger charge is 2.29. The van der Waals surface area contributed by atoms with Crippen LogP contribution < -0.4 is 16.2 Å². The van der Waals surface area contributed by atoms with E-state index in [1.54, 1.807) is 6.08 Å². The molecule has 112 valence electrons. The van der Waals surface area contributed by atoms with E-state index in [4.69, 9.17) is 16.6 Å². The first kappa shape index (κ1) is 15.2. The number of aromatic carboxylic acids is 1. The van der Waals surface area contributed by atoms with E-state index in [-0.39, 0.29) is 16.2 Å². The van der Waals surface area contributed by atoms with E-state index in [1.165, 1.54) is 36.4 Å². The Morgan fingerprint density at radius 1 is 1.24 bits per heavy atom. The fraction of sp³-hybridized carbons (Fsp3) is 0.154. The summed E-state index contributed by atoms with van der Waals surface area (Å²) in [5, 5.41) is 9.06. The molecule has 1 aliphatic rings. The average Bonchev–Trinajstić information content (AvgIpc) is 2.41. The number of nitrogens with one attached hydrogen (secondary N) is 1. The molecule has 0 fully saturated rings. The third kappa shape index (κ3) is 3.13. The van der Waals surface area contributed by atoms with Crippen molar-refractivity contribution in [2.45, 2.75) is 12.1 Å². The molecule has 0 amide bonds. The third-order valence-electron chi connectivity index (χ3n) is 3.05. The highest BCUT2D eigenvalue weighted by molar-refractivity contribution is 7.96. The number of hydrogen-bond donors (Lipinski definition) is 4. The Hall–Kier alpha value is -2.16. The summed E-state index contributed by atoms with van der Waals surface area (Å²) in [6.45, 7) is 0. The van der Waals surface area contributed by atoms with E-state index in [0.717, 1.165) is 0 Å². The number of hydrogen-bond acceptors (Lipinski definition) is 5. The quantitative estimate of drug-likeness (QED) is 0.629. The van der Waals surface area contributed by atoms with E-state index >= 15 is 0 Å². The number of allylic oxidation sites excluding steroid dienone is 2. The maximum absolute atomic E-state index is 12.3. The molecule has 0 saturated carbocycles. The van der Waals surface area contributed by atoms with Gasteiger partial charge in [-0.3, -0.25) is 4.72 Å². The number of carboxylic acid groups (broad SMARTS) is 1. The second-order valence-corrected chi connectivity index (χ2v) is 6.20. The van der Waals surface area contributed by atoms with Crippen LogP contribution in [0.4, 0.5) is 5.69 Å². The second kappa shape index (κ2) is 5.68. The summed E-state index contributed by atoms with van der Waals surface area (Å²) in [6, 6.07) is 4.21. The molecule has 21 heavy (non-hydrogen) atoms. The fourth-order valence-electron chi connectivity index (χ4n) is 1.93. The Balaban J connectivity index is 2.37. The number of nitrogens with two attached hydrogens (primary N) is 2. The van der Waals surface area contributed by atoms with Gasteiger partial charge in [0.1, 0.15) is 0 Å². The predicted molar refractivity (Wildman–Crippen MR) is 79.1 cm³/mol. The maximum atomic E-state index is 12.3. The minimum Gasteiger partial charge on any atom is -0.478 e. The minimum atomic E-state index is -3.98. The van der Waals surface area contributed by atoms with Crippen LogP contribution in [0.5, 0.6) is 0 Å². The molecule has 2 atom stereocenters. The van der Waals surface area contributed by atoms with Crippen LogP contribution in [-0.2, 0) is 10.0 Å². The molecule has 1 aromatic rings.